The van der Waals surface area contributed by atoms with E-state index in [9.17, 15) is 9.18 Å². The van der Waals surface area contributed by atoms with Crippen molar-refractivity contribution in [3.63, 3.8) is 0 Å². The molecule has 0 saturated carbocycles. The Labute approximate surface area is 102 Å². The minimum Gasteiger partial charge on any atom is -0.273 e. The number of benzene rings is 1. The van der Waals surface area contributed by atoms with Crippen LogP contribution in [0.5, 0.6) is 0 Å². The van der Waals surface area contributed by atoms with Crippen molar-refractivity contribution >= 4 is 21.8 Å². The Morgan fingerprint density at radius 3 is 2.88 bits per heavy atom. The number of amides is 1. The summed E-state index contributed by atoms with van der Waals surface area (Å²) in [5.41, 5.74) is 2.16. The van der Waals surface area contributed by atoms with Gasteiger partial charge in [-0.25, -0.2) is 9.87 Å². The first kappa shape index (κ1) is 13.1. The fraction of sp³-hybridized carbons (Fsp3) is 0.364. The quantitative estimate of drug-likeness (QED) is 0.866. The van der Waals surface area contributed by atoms with Crippen LogP contribution >= 0.6 is 15.9 Å². The Kier molecular flexibility index (Phi) is 4.89. The maximum absolute atomic E-state index is 13.5. The van der Waals surface area contributed by atoms with Gasteiger partial charge in [-0.2, -0.15) is 0 Å². The molecule has 0 aliphatic rings. The maximum Gasteiger partial charge on any atom is 0.277 e. The molecule has 0 aliphatic carbocycles. The standard InChI is InChI=1S/C11H13BrFNO2/c1-7(2)6-16-14-11(15)8-4-3-5-9(12)10(8)13/h3-5,7H,6H2,1-2H3,(H,14,15). The predicted octanol–water partition coefficient (Wildman–Crippen LogP) is 2.91. The zero-order valence-corrected chi connectivity index (χ0v) is 10.7. The number of hydroxylamine groups is 1. The molecule has 0 radical (unpaired) electrons. The monoisotopic (exact) mass is 289 g/mol. The van der Waals surface area contributed by atoms with Crippen molar-refractivity contribution in [2.75, 3.05) is 6.61 Å². The Balaban J connectivity index is 2.63. The highest BCUT2D eigenvalue weighted by Gasteiger charge is 2.13. The van der Waals surface area contributed by atoms with E-state index in [0.29, 0.717) is 12.5 Å². The lowest BCUT2D eigenvalue weighted by Crippen LogP contribution is -2.26. The Hall–Kier alpha value is -0.940. The van der Waals surface area contributed by atoms with Crippen LogP contribution < -0.4 is 5.48 Å². The summed E-state index contributed by atoms with van der Waals surface area (Å²) in [5.74, 6) is -0.875. The number of hydrogen-bond donors (Lipinski definition) is 1. The molecule has 0 spiro atoms. The summed E-state index contributed by atoms with van der Waals surface area (Å²) in [5, 5.41) is 0. The lowest BCUT2D eigenvalue weighted by molar-refractivity contribution is 0.0205. The second kappa shape index (κ2) is 5.96. The van der Waals surface area contributed by atoms with Gasteiger partial charge < -0.3 is 0 Å². The van der Waals surface area contributed by atoms with Gasteiger partial charge in [-0.15, -0.1) is 0 Å². The van der Waals surface area contributed by atoms with Crippen molar-refractivity contribution in [1.29, 1.82) is 0 Å². The number of rotatable bonds is 4. The molecule has 0 aromatic heterocycles. The van der Waals surface area contributed by atoms with E-state index >= 15 is 0 Å². The maximum atomic E-state index is 13.5. The lowest BCUT2D eigenvalue weighted by atomic mass is 10.2. The Bertz CT molecular complexity index is 382. The SMILES string of the molecule is CC(C)CONC(=O)c1cccc(Br)c1F. The number of nitrogens with one attached hydrogen (secondary N) is 1. The van der Waals surface area contributed by atoms with Crippen LogP contribution in [0.4, 0.5) is 4.39 Å². The molecule has 1 aromatic rings. The normalized spacial score (nSPS) is 10.6. The van der Waals surface area contributed by atoms with Crippen LogP contribution in [0.15, 0.2) is 22.7 Å². The van der Waals surface area contributed by atoms with Gasteiger partial charge in [-0.1, -0.05) is 19.9 Å². The largest absolute Gasteiger partial charge is 0.277 e. The van der Waals surface area contributed by atoms with Gasteiger partial charge in [-0.05, 0) is 34.0 Å². The molecule has 88 valence electrons. The van der Waals surface area contributed by atoms with E-state index in [1.165, 1.54) is 12.1 Å². The smallest absolute Gasteiger partial charge is 0.273 e. The zero-order valence-electron chi connectivity index (χ0n) is 9.09. The molecule has 0 atom stereocenters. The van der Waals surface area contributed by atoms with Crippen LogP contribution in [-0.4, -0.2) is 12.5 Å². The van der Waals surface area contributed by atoms with Gasteiger partial charge >= 0.3 is 0 Å². The molecular formula is C11H13BrFNO2. The minimum absolute atomic E-state index is 0.0434. The van der Waals surface area contributed by atoms with Crippen LogP contribution in [0.2, 0.25) is 0 Å². The zero-order chi connectivity index (χ0) is 12.1. The van der Waals surface area contributed by atoms with Crippen LogP contribution in [0.3, 0.4) is 0 Å². The predicted molar refractivity (Wildman–Crippen MR) is 62.4 cm³/mol. The summed E-state index contributed by atoms with van der Waals surface area (Å²) < 4.78 is 13.7. The fourth-order valence-corrected chi connectivity index (χ4v) is 1.37. The third kappa shape index (κ3) is 3.57. The number of carbonyl (C=O) groups excluding carboxylic acids is 1. The lowest BCUT2D eigenvalue weighted by Gasteiger charge is -2.08. The van der Waals surface area contributed by atoms with Crippen LogP contribution in [0.25, 0.3) is 0 Å². The molecule has 0 aliphatic heterocycles. The summed E-state index contributed by atoms with van der Waals surface area (Å²) in [6.45, 7) is 4.29. The van der Waals surface area contributed by atoms with Crippen LogP contribution in [-0.2, 0) is 4.84 Å². The third-order valence-electron chi connectivity index (χ3n) is 1.78. The molecule has 1 aromatic carbocycles. The first-order valence-electron chi connectivity index (χ1n) is 4.88. The van der Waals surface area contributed by atoms with E-state index < -0.39 is 11.7 Å². The van der Waals surface area contributed by atoms with Gasteiger partial charge in [0.15, 0.2) is 0 Å². The van der Waals surface area contributed by atoms with Gasteiger partial charge in [0.05, 0.1) is 16.6 Å². The van der Waals surface area contributed by atoms with E-state index in [1.54, 1.807) is 6.07 Å². The fourth-order valence-electron chi connectivity index (χ4n) is 1.01. The molecule has 3 nitrogen and oxygen atoms in total. The summed E-state index contributed by atoms with van der Waals surface area (Å²) in [6, 6.07) is 4.51. The van der Waals surface area contributed by atoms with E-state index in [-0.39, 0.29) is 10.0 Å². The minimum atomic E-state index is -0.590. The summed E-state index contributed by atoms with van der Waals surface area (Å²) in [6.07, 6.45) is 0. The molecule has 1 amide bonds. The Morgan fingerprint density at radius 2 is 2.25 bits per heavy atom. The van der Waals surface area contributed by atoms with Gasteiger partial charge in [0.1, 0.15) is 5.82 Å². The summed E-state index contributed by atoms with van der Waals surface area (Å²) >= 11 is 3.01. The van der Waals surface area contributed by atoms with Crippen molar-refractivity contribution in [2.45, 2.75) is 13.8 Å². The van der Waals surface area contributed by atoms with E-state index in [2.05, 4.69) is 21.4 Å². The first-order chi connectivity index (χ1) is 7.52. The third-order valence-corrected chi connectivity index (χ3v) is 2.39. The van der Waals surface area contributed by atoms with Crippen LogP contribution in [0, 0.1) is 11.7 Å². The summed E-state index contributed by atoms with van der Waals surface area (Å²) in [4.78, 5) is 16.4. The number of halogens is 2. The number of hydrogen-bond acceptors (Lipinski definition) is 2. The average molecular weight is 290 g/mol. The van der Waals surface area contributed by atoms with Crippen molar-refractivity contribution in [2.24, 2.45) is 5.92 Å². The second-order valence-corrected chi connectivity index (χ2v) is 4.59. The van der Waals surface area contributed by atoms with Gasteiger partial charge in [0.2, 0.25) is 0 Å². The molecule has 5 heteroatoms. The van der Waals surface area contributed by atoms with Crippen molar-refractivity contribution in [3.05, 3.63) is 34.1 Å². The summed E-state index contributed by atoms with van der Waals surface area (Å²) in [7, 11) is 0. The molecule has 0 fully saturated rings. The molecule has 0 saturated heterocycles. The molecular weight excluding hydrogens is 277 g/mol. The molecule has 1 N–H and O–H groups in total. The van der Waals surface area contributed by atoms with E-state index in [4.69, 9.17) is 4.84 Å². The highest BCUT2D eigenvalue weighted by Crippen LogP contribution is 2.18. The topological polar surface area (TPSA) is 38.3 Å². The molecule has 0 unspecified atom stereocenters. The van der Waals surface area contributed by atoms with E-state index in [1.807, 2.05) is 13.8 Å². The second-order valence-electron chi connectivity index (χ2n) is 3.74. The molecule has 16 heavy (non-hydrogen) atoms. The first-order valence-corrected chi connectivity index (χ1v) is 5.67. The molecule has 1 rings (SSSR count). The van der Waals surface area contributed by atoms with E-state index in [0.717, 1.165) is 0 Å². The highest BCUT2D eigenvalue weighted by molar-refractivity contribution is 9.10. The van der Waals surface area contributed by atoms with Gasteiger partial charge in [0.25, 0.3) is 5.91 Å². The number of carbonyl (C=O) groups is 1. The van der Waals surface area contributed by atoms with Gasteiger partial charge in [0, 0.05) is 0 Å². The van der Waals surface area contributed by atoms with Crippen LogP contribution in [0.1, 0.15) is 24.2 Å². The highest BCUT2D eigenvalue weighted by atomic mass is 79.9. The molecule has 0 heterocycles. The van der Waals surface area contributed by atoms with Gasteiger partial charge in [-0.3, -0.25) is 9.63 Å². The van der Waals surface area contributed by atoms with Crippen molar-refractivity contribution in [1.82, 2.24) is 5.48 Å². The Morgan fingerprint density at radius 1 is 1.56 bits per heavy atom. The molecule has 0 bridgehead atoms. The van der Waals surface area contributed by atoms with Crippen molar-refractivity contribution < 1.29 is 14.0 Å². The average Bonchev–Trinajstić information content (AvgIpc) is 2.21. The van der Waals surface area contributed by atoms with Crippen molar-refractivity contribution in [3.8, 4) is 0 Å².